The van der Waals surface area contributed by atoms with Crippen molar-refractivity contribution in [3.63, 3.8) is 0 Å². The van der Waals surface area contributed by atoms with E-state index in [1.807, 2.05) is 31.2 Å². The molecule has 5 heteroatoms. The Hall–Kier alpha value is -2.14. The molecule has 2 heterocycles. The number of benzene rings is 1. The molecule has 0 saturated heterocycles. The summed E-state index contributed by atoms with van der Waals surface area (Å²) in [7, 11) is 0. The second-order valence-corrected chi connectivity index (χ2v) is 4.81. The minimum atomic E-state index is -0.576. The van der Waals surface area contributed by atoms with Crippen molar-refractivity contribution in [1.29, 1.82) is 0 Å². The summed E-state index contributed by atoms with van der Waals surface area (Å²) in [4.78, 5) is 8.70. The first-order valence-electron chi connectivity index (χ1n) is 6.55. The highest BCUT2D eigenvalue weighted by molar-refractivity contribution is 5.41. The lowest BCUT2D eigenvalue weighted by Crippen LogP contribution is -2.24. The molecule has 0 spiro atoms. The molecule has 1 unspecified atom stereocenters. The highest BCUT2D eigenvalue weighted by Crippen LogP contribution is 2.35. The van der Waals surface area contributed by atoms with Crippen LogP contribution in [0.4, 0.5) is 0 Å². The third-order valence-corrected chi connectivity index (χ3v) is 3.28. The molecule has 1 aliphatic rings. The van der Waals surface area contributed by atoms with Crippen LogP contribution in [0.15, 0.2) is 30.5 Å². The number of aryl methyl sites for hydroxylation is 1. The SMILES string of the molecule is Cc1nc(C2COc3ccccc3O2)ncc1[C@H](C)O. The van der Waals surface area contributed by atoms with E-state index in [1.165, 1.54) is 0 Å². The molecule has 0 amide bonds. The van der Waals surface area contributed by atoms with Crippen molar-refractivity contribution >= 4 is 0 Å². The molecule has 20 heavy (non-hydrogen) atoms. The van der Waals surface area contributed by atoms with Crippen molar-refractivity contribution in [2.75, 3.05) is 6.61 Å². The Morgan fingerprint density at radius 3 is 2.75 bits per heavy atom. The quantitative estimate of drug-likeness (QED) is 0.909. The summed E-state index contributed by atoms with van der Waals surface area (Å²) in [6, 6.07) is 7.53. The van der Waals surface area contributed by atoms with Gasteiger partial charge in [0.05, 0.1) is 6.10 Å². The van der Waals surface area contributed by atoms with E-state index in [4.69, 9.17) is 9.47 Å². The van der Waals surface area contributed by atoms with Crippen LogP contribution in [0.3, 0.4) is 0 Å². The molecule has 0 saturated carbocycles. The van der Waals surface area contributed by atoms with Crippen LogP contribution in [-0.2, 0) is 0 Å². The highest BCUT2D eigenvalue weighted by atomic mass is 16.6. The Labute approximate surface area is 117 Å². The maximum atomic E-state index is 9.60. The van der Waals surface area contributed by atoms with Gasteiger partial charge in [0, 0.05) is 17.5 Å². The number of rotatable bonds is 2. The van der Waals surface area contributed by atoms with Gasteiger partial charge < -0.3 is 14.6 Å². The number of para-hydroxylation sites is 2. The van der Waals surface area contributed by atoms with E-state index >= 15 is 0 Å². The largest absolute Gasteiger partial charge is 0.485 e. The predicted octanol–water partition coefficient (Wildman–Crippen LogP) is 2.35. The zero-order valence-corrected chi connectivity index (χ0v) is 11.4. The fourth-order valence-electron chi connectivity index (χ4n) is 2.21. The molecule has 1 aromatic carbocycles. The summed E-state index contributed by atoms with van der Waals surface area (Å²) in [5.41, 5.74) is 1.48. The normalized spacial score (nSPS) is 18.6. The highest BCUT2D eigenvalue weighted by Gasteiger charge is 2.25. The summed E-state index contributed by atoms with van der Waals surface area (Å²) in [5, 5.41) is 9.60. The maximum absolute atomic E-state index is 9.60. The summed E-state index contributed by atoms with van der Waals surface area (Å²) >= 11 is 0. The van der Waals surface area contributed by atoms with E-state index in [-0.39, 0.29) is 6.10 Å². The fraction of sp³-hybridized carbons (Fsp3) is 0.333. The van der Waals surface area contributed by atoms with Gasteiger partial charge in [-0.15, -0.1) is 0 Å². The van der Waals surface area contributed by atoms with E-state index in [1.54, 1.807) is 13.1 Å². The summed E-state index contributed by atoms with van der Waals surface area (Å²) < 4.78 is 11.5. The van der Waals surface area contributed by atoms with Crippen molar-refractivity contribution < 1.29 is 14.6 Å². The van der Waals surface area contributed by atoms with Crippen LogP contribution in [0.2, 0.25) is 0 Å². The van der Waals surface area contributed by atoms with Crippen molar-refractivity contribution in [3.05, 3.63) is 47.5 Å². The Kier molecular flexibility index (Phi) is 3.28. The zero-order valence-electron chi connectivity index (χ0n) is 11.4. The smallest absolute Gasteiger partial charge is 0.192 e. The van der Waals surface area contributed by atoms with Crippen molar-refractivity contribution in [2.45, 2.75) is 26.1 Å². The van der Waals surface area contributed by atoms with Crippen LogP contribution >= 0.6 is 0 Å². The molecule has 104 valence electrons. The molecule has 0 bridgehead atoms. The number of hydrogen-bond acceptors (Lipinski definition) is 5. The minimum absolute atomic E-state index is 0.327. The maximum Gasteiger partial charge on any atom is 0.192 e. The molecule has 1 aliphatic heterocycles. The first-order valence-corrected chi connectivity index (χ1v) is 6.55. The predicted molar refractivity (Wildman–Crippen MR) is 72.7 cm³/mol. The molecule has 1 aromatic heterocycles. The molecule has 0 fully saturated rings. The van der Waals surface area contributed by atoms with Gasteiger partial charge in [-0.25, -0.2) is 9.97 Å². The molecule has 5 nitrogen and oxygen atoms in total. The van der Waals surface area contributed by atoms with Gasteiger partial charge in [0.1, 0.15) is 6.61 Å². The second kappa shape index (κ2) is 5.09. The number of fused-ring (bicyclic) bond motifs is 1. The number of aliphatic hydroxyl groups is 1. The number of aliphatic hydroxyl groups excluding tert-OH is 1. The number of aromatic nitrogens is 2. The standard InChI is InChI=1S/C15H16N2O3/c1-9-11(10(2)18)7-16-15(17-9)14-8-19-12-5-3-4-6-13(12)20-14/h3-7,10,14,18H,8H2,1-2H3/t10-,14?/m0/s1. The van der Waals surface area contributed by atoms with Gasteiger partial charge in [0.2, 0.25) is 0 Å². The molecular weight excluding hydrogens is 256 g/mol. The number of nitrogens with zero attached hydrogens (tertiary/aromatic N) is 2. The molecule has 0 aliphatic carbocycles. The van der Waals surface area contributed by atoms with E-state index < -0.39 is 6.10 Å². The van der Waals surface area contributed by atoms with Crippen molar-refractivity contribution in [3.8, 4) is 11.5 Å². The van der Waals surface area contributed by atoms with Crippen molar-refractivity contribution in [2.24, 2.45) is 0 Å². The van der Waals surface area contributed by atoms with Crippen LogP contribution < -0.4 is 9.47 Å². The molecule has 2 aromatic rings. The average molecular weight is 272 g/mol. The Bertz CT molecular complexity index is 628. The van der Waals surface area contributed by atoms with Crippen LogP contribution in [-0.4, -0.2) is 21.7 Å². The van der Waals surface area contributed by atoms with Gasteiger partial charge in [0.25, 0.3) is 0 Å². The van der Waals surface area contributed by atoms with E-state index in [2.05, 4.69) is 9.97 Å². The molecule has 3 rings (SSSR count). The molecule has 2 atom stereocenters. The second-order valence-electron chi connectivity index (χ2n) is 4.81. The van der Waals surface area contributed by atoms with Gasteiger partial charge in [-0.05, 0) is 26.0 Å². The van der Waals surface area contributed by atoms with E-state index in [9.17, 15) is 5.11 Å². The van der Waals surface area contributed by atoms with Crippen LogP contribution in [0.5, 0.6) is 11.5 Å². The van der Waals surface area contributed by atoms with Gasteiger partial charge in [-0.3, -0.25) is 0 Å². The first kappa shape index (κ1) is 12.9. The van der Waals surface area contributed by atoms with Crippen LogP contribution in [0, 0.1) is 6.92 Å². The van der Waals surface area contributed by atoms with E-state index in [0.29, 0.717) is 18.2 Å². The summed E-state index contributed by atoms with van der Waals surface area (Å²) in [6.45, 7) is 3.93. The Morgan fingerprint density at radius 2 is 2.05 bits per heavy atom. The van der Waals surface area contributed by atoms with Gasteiger partial charge in [-0.1, -0.05) is 12.1 Å². The number of hydrogen-bond donors (Lipinski definition) is 1. The first-order chi connectivity index (χ1) is 9.65. The lowest BCUT2D eigenvalue weighted by Gasteiger charge is -2.25. The van der Waals surface area contributed by atoms with Crippen LogP contribution in [0.25, 0.3) is 0 Å². The van der Waals surface area contributed by atoms with E-state index in [0.717, 1.165) is 17.0 Å². The topological polar surface area (TPSA) is 64.5 Å². The lowest BCUT2D eigenvalue weighted by molar-refractivity contribution is 0.0847. The fourth-order valence-corrected chi connectivity index (χ4v) is 2.21. The monoisotopic (exact) mass is 272 g/mol. The van der Waals surface area contributed by atoms with Crippen LogP contribution in [0.1, 0.15) is 36.2 Å². The lowest BCUT2D eigenvalue weighted by atomic mass is 10.1. The van der Waals surface area contributed by atoms with Gasteiger partial charge in [0.15, 0.2) is 23.4 Å². The summed E-state index contributed by atoms with van der Waals surface area (Å²) in [5.74, 6) is 2.01. The molecule has 1 N–H and O–H groups in total. The average Bonchev–Trinajstić information content (AvgIpc) is 2.46. The zero-order chi connectivity index (χ0) is 14.1. The Balaban J connectivity index is 1.86. The Morgan fingerprint density at radius 1 is 1.30 bits per heavy atom. The number of ether oxygens (including phenoxy) is 2. The van der Waals surface area contributed by atoms with Gasteiger partial charge in [-0.2, -0.15) is 0 Å². The third-order valence-electron chi connectivity index (χ3n) is 3.28. The third kappa shape index (κ3) is 2.32. The summed E-state index contributed by atoms with van der Waals surface area (Å²) in [6.07, 6.45) is 0.742. The molecule has 0 radical (unpaired) electrons. The van der Waals surface area contributed by atoms with Crippen molar-refractivity contribution in [1.82, 2.24) is 9.97 Å². The molecular formula is C15H16N2O3. The minimum Gasteiger partial charge on any atom is -0.485 e. The van der Waals surface area contributed by atoms with Gasteiger partial charge >= 0.3 is 0 Å².